The summed E-state index contributed by atoms with van der Waals surface area (Å²) < 4.78 is 52.5. The number of halogens is 5. The maximum atomic E-state index is 13.1. The summed E-state index contributed by atoms with van der Waals surface area (Å²) in [5.41, 5.74) is -1.78. The van der Waals surface area contributed by atoms with Crippen LogP contribution in [0.15, 0.2) is 0 Å². The normalized spacial score (nSPS) is 11.6. The van der Waals surface area contributed by atoms with Crippen molar-refractivity contribution in [3.63, 3.8) is 0 Å². The summed E-state index contributed by atoms with van der Waals surface area (Å²) in [6.07, 6.45) is 13.9. The second kappa shape index (κ2) is 18.9. The van der Waals surface area contributed by atoms with E-state index in [1.54, 1.807) is 0 Å². The van der Waals surface area contributed by atoms with E-state index in [2.05, 4.69) is 17.3 Å². The molecule has 34 heavy (non-hydrogen) atoms. The number of carbonyl (C=O) groups excluding carboxylic acids is 1. The van der Waals surface area contributed by atoms with E-state index in [1.807, 2.05) is 0 Å². The predicted octanol–water partition coefficient (Wildman–Crippen LogP) is 8.79. The van der Waals surface area contributed by atoms with Crippen LogP contribution in [-0.4, -0.2) is 22.2 Å². The Morgan fingerprint density at radius 3 is 1.65 bits per heavy atom. The van der Waals surface area contributed by atoms with Crippen molar-refractivity contribution in [3.8, 4) is 0 Å². The number of amides is 1. The molecule has 0 bridgehead atoms. The first-order valence-electron chi connectivity index (χ1n) is 13.0. The standard InChI is InChI=1S/C25H42ClF4N3O/c1-2-3-4-5-6-7-8-9-10-11-12-13-14-15-16-17-18-31-20(34)19-33-23(25(29)30)21(26)22(32-33)24(27)28/h24-25H,2-19H2,1H3,(H,31,34). The Labute approximate surface area is 207 Å². The van der Waals surface area contributed by atoms with Crippen LogP contribution in [0.25, 0.3) is 0 Å². The van der Waals surface area contributed by atoms with Gasteiger partial charge in [0, 0.05) is 6.54 Å². The molecule has 0 unspecified atom stereocenters. The summed E-state index contributed by atoms with van der Waals surface area (Å²) in [5, 5.41) is 5.24. The van der Waals surface area contributed by atoms with Gasteiger partial charge in [-0.15, -0.1) is 0 Å². The Morgan fingerprint density at radius 2 is 1.24 bits per heavy atom. The molecule has 0 aliphatic carbocycles. The Bertz CT molecular complexity index is 671. The molecule has 1 amide bonds. The van der Waals surface area contributed by atoms with Crippen LogP contribution in [0.3, 0.4) is 0 Å². The SMILES string of the molecule is CCCCCCCCCCCCCCCCCCNC(=O)Cn1nc(C(F)F)c(Cl)c1C(F)F. The van der Waals surface area contributed by atoms with Gasteiger partial charge < -0.3 is 5.32 Å². The van der Waals surface area contributed by atoms with Gasteiger partial charge in [-0.05, 0) is 6.42 Å². The fourth-order valence-electron chi connectivity index (χ4n) is 4.03. The third-order valence-corrected chi connectivity index (χ3v) is 6.40. The fourth-order valence-corrected chi connectivity index (χ4v) is 4.33. The van der Waals surface area contributed by atoms with Gasteiger partial charge in [0.15, 0.2) is 0 Å². The van der Waals surface area contributed by atoms with Crippen molar-refractivity contribution in [2.24, 2.45) is 0 Å². The summed E-state index contributed by atoms with van der Waals surface area (Å²) >= 11 is 5.58. The van der Waals surface area contributed by atoms with Gasteiger partial charge in [0.2, 0.25) is 5.91 Å². The second-order valence-corrected chi connectivity index (χ2v) is 9.37. The van der Waals surface area contributed by atoms with Crippen molar-refractivity contribution in [1.82, 2.24) is 15.1 Å². The minimum absolute atomic E-state index is 0.415. The average molecular weight is 512 g/mol. The van der Waals surface area contributed by atoms with Crippen LogP contribution >= 0.6 is 11.6 Å². The molecule has 0 saturated carbocycles. The van der Waals surface area contributed by atoms with E-state index in [-0.39, 0.29) is 0 Å². The van der Waals surface area contributed by atoms with Crippen LogP contribution in [0.2, 0.25) is 5.02 Å². The van der Waals surface area contributed by atoms with Gasteiger partial charge in [-0.25, -0.2) is 17.6 Å². The highest BCUT2D eigenvalue weighted by molar-refractivity contribution is 6.32. The van der Waals surface area contributed by atoms with Crippen LogP contribution in [0.4, 0.5) is 17.6 Å². The molecule has 0 aliphatic heterocycles. The van der Waals surface area contributed by atoms with Gasteiger partial charge in [-0.1, -0.05) is 115 Å². The van der Waals surface area contributed by atoms with E-state index in [4.69, 9.17) is 11.6 Å². The van der Waals surface area contributed by atoms with E-state index in [0.29, 0.717) is 11.2 Å². The minimum Gasteiger partial charge on any atom is -0.354 e. The molecule has 1 heterocycles. The quantitative estimate of drug-likeness (QED) is 0.132. The number of nitrogens with zero attached hydrogens (tertiary/aromatic N) is 2. The number of aromatic nitrogens is 2. The van der Waals surface area contributed by atoms with Gasteiger partial charge in [-0.3, -0.25) is 9.48 Å². The first kappa shape index (κ1) is 30.7. The van der Waals surface area contributed by atoms with Gasteiger partial charge in [0.1, 0.15) is 17.9 Å². The van der Waals surface area contributed by atoms with Gasteiger partial charge in [-0.2, -0.15) is 5.10 Å². The largest absolute Gasteiger partial charge is 0.354 e. The summed E-state index contributed by atoms with van der Waals surface area (Å²) in [6, 6.07) is 0. The number of nitrogens with one attached hydrogen (secondary N) is 1. The molecule has 0 fully saturated rings. The van der Waals surface area contributed by atoms with Crippen molar-refractivity contribution in [3.05, 3.63) is 16.4 Å². The summed E-state index contributed by atoms with van der Waals surface area (Å²) in [7, 11) is 0. The molecule has 4 nitrogen and oxygen atoms in total. The van der Waals surface area contributed by atoms with Crippen molar-refractivity contribution >= 4 is 17.5 Å². The zero-order valence-electron chi connectivity index (χ0n) is 20.6. The minimum atomic E-state index is -3.10. The molecule has 0 radical (unpaired) electrons. The lowest BCUT2D eigenvalue weighted by atomic mass is 10.0. The lowest BCUT2D eigenvalue weighted by Crippen LogP contribution is -2.29. The third-order valence-electron chi connectivity index (χ3n) is 6.02. The monoisotopic (exact) mass is 511 g/mol. The predicted molar refractivity (Wildman–Crippen MR) is 130 cm³/mol. The van der Waals surface area contributed by atoms with Crippen molar-refractivity contribution in [2.45, 2.75) is 129 Å². The highest BCUT2D eigenvalue weighted by Gasteiger charge is 2.28. The van der Waals surface area contributed by atoms with Crippen LogP contribution in [0, 0.1) is 0 Å². The molecular weight excluding hydrogens is 470 g/mol. The Morgan fingerprint density at radius 1 is 0.794 bits per heavy atom. The molecule has 9 heteroatoms. The maximum Gasteiger partial charge on any atom is 0.283 e. The summed E-state index contributed by atoms with van der Waals surface area (Å²) in [4.78, 5) is 12.0. The molecule has 0 atom stereocenters. The van der Waals surface area contributed by atoms with Crippen LogP contribution < -0.4 is 5.32 Å². The number of rotatable bonds is 21. The molecule has 0 aliphatic rings. The molecule has 1 aromatic heterocycles. The third kappa shape index (κ3) is 13.0. The first-order chi connectivity index (χ1) is 16.4. The average Bonchev–Trinajstić information content (AvgIpc) is 3.11. The molecule has 0 aromatic carbocycles. The Balaban J connectivity index is 2.01. The van der Waals surface area contributed by atoms with Crippen molar-refractivity contribution in [1.29, 1.82) is 0 Å². The topological polar surface area (TPSA) is 46.9 Å². The van der Waals surface area contributed by atoms with E-state index in [0.717, 1.165) is 19.3 Å². The molecule has 1 N–H and O–H groups in total. The van der Waals surface area contributed by atoms with Gasteiger partial charge in [0.05, 0.1) is 5.02 Å². The summed E-state index contributed by atoms with van der Waals surface area (Å²) in [5.74, 6) is -0.553. The highest BCUT2D eigenvalue weighted by Crippen LogP contribution is 2.34. The van der Waals surface area contributed by atoms with E-state index in [1.165, 1.54) is 83.5 Å². The number of unbranched alkanes of at least 4 members (excludes halogenated alkanes) is 15. The molecule has 1 aromatic rings. The highest BCUT2D eigenvalue weighted by atomic mass is 35.5. The zero-order valence-corrected chi connectivity index (χ0v) is 21.3. The van der Waals surface area contributed by atoms with E-state index >= 15 is 0 Å². The number of hydrogen-bond acceptors (Lipinski definition) is 2. The van der Waals surface area contributed by atoms with Crippen LogP contribution in [-0.2, 0) is 11.3 Å². The Kier molecular flexibility index (Phi) is 17.1. The number of carbonyl (C=O) groups is 1. The Hall–Kier alpha value is -1.31. The smallest absolute Gasteiger partial charge is 0.283 e. The zero-order chi connectivity index (χ0) is 25.2. The van der Waals surface area contributed by atoms with E-state index in [9.17, 15) is 22.4 Å². The first-order valence-corrected chi connectivity index (χ1v) is 13.3. The molecule has 198 valence electrons. The van der Waals surface area contributed by atoms with E-state index < -0.39 is 41.7 Å². The molecule has 0 saturated heterocycles. The van der Waals surface area contributed by atoms with Crippen molar-refractivity contribution in [2.75, 3.05) is 6.54 Å². The molecule has 0 spiro atoms. The number of alkyl halides is 4. The molecular formula is C25H42ClF4N3O. The van der Waals surface area contributed by atoms with Gasteiger partial charge in [0.25, 0.3) is 12.9 Å². The summed E-state index contributed by atoms with van der Waals surface area (Å²) in [6.45, 7) is 2.10. The molecule has 1 rings (SSSR count). The lowest BCUT2D eigenvalue weighted by Gasteiger charge is -2.08. The lowest BCUT2D eigenvalue weighted by molar-refractivity contribution is -0.121. The second-order valence-electron chi connectivity index (χ2n) is 9.00. The van der Waals surface area contributed by atoms with Gasteiger partial charge >= 0.3 is 0 Å². The van der Waals surface area contributed by atoms with Crippen LogP contribution in [0.1, 0.15) is 134 Å². The fraction of sp³-hybridized carbons (Fsp3) is 0.840. The number of hydrogen-bond donors (Lipinski definition) is 1. The maximum absolute atomic E-state index is 13.1. The van der Waals surface area contributed by atoms with Crippen LogP contribution in [0.5, 0.6) is 0 Å². The van der Waals surface area contributed by atoms with Crippen molar-refractivity contribution < 1.29 is 22.4 Å².